The molecule has 1 aromatic rings. The summed E-state index contributed by atoms with van der Waals surface area (Å²) < 4.78 is 0. The number of carbonyl (C=O) groups excluding carboxylic acids is 1. The van der Waals surface area contributed by atoms with Crippen molar-refractivity contribution in [1.29, 1.82) is 0 Å². The van der Waals surface area contributed by atoms with Crippen molar-refractivity contribution >= 4 is 5.91 Å². The second kappa shape index (κ2) is 8.32. The zero-order valence-corrected chi connectivity index (χ0v) is 10.6. The summed E-state index contributed by atoms with van der Waals surface area (Å²) in [6.45, 7) is 0.976. The zero-order valence-electron chi connectivity index (χ0n) is 10.6. The Labute approximate surface area is 109 Å². The van der Waals surface area contributed by atoms with Crippen LogP contribution in [-0.4, -0.2) is 19.0 Å². The van der Waals surface area contributed by atoms with Crippen LogP contribution in [0.3, 0.4) is 0 Å². The Balaban J connectivity index is 2.42. The highest BCUT2D eigenvalue weighted by molar-refractivity contribution is 5.83. The van der Waals surface area contributed by atoms with Crippen LogP contribution in [0, 0.1) is 12.3 Å². The molecule has 0 saturated carbocycles. The van der Waals surface area contributed by atoms with E-state index in [9.17, 15) is 4.79 Å². The lowest BCUT2D eigenvalue weighted by Crippen LogP contribution is -2.34. The number of hydrogen-bond donors (Lipinski definition) is 2. The van der Waals surface area contributed by atoms with Gasteiger partial charge in [0.1, 0.15) is 0 Å². The largest absolute Gasteiger partial charge is 0.356 e. The summed E-state index contributed by atoms with van der Waals surface area (Å²) in [5.41, 5.74) is 6.63. The van der Waals surface area contributed by atoms with Gasteiger partial charge in [0.25, 0.3) is 0 Å². The summed E-state index contributed by atoms with van der Waals surface area (Å²) in [7, 11) is 0. The average Bonchev–Trinajstić information content (AvgIpc) is 2.40. The fourth-order valence-electron chi connectivity index (χ4n) is 1.77. The number of nitrogens with two attached hydrogens (primary N) is 1. The molecular weight excluding hydrogens is 224 g/mol. The Bertz CT molecular complexity index is 395. The van der Waals surface area contributed by atoms with Gasteiger partial charge in [-0.2, -0.15) is 0 Å². The molecule has 0 heterocycles. The van der Waals surface area contributed by atoms with Crippen molar-refractivity contribution < 1.29 is 4.79 Å². The summed E-state index contributed by atoms with van der Waals surface area (Å²) in [5, 5.41) is 2.90. The summed E-state index contributed by atoms with van der Waals surface area (Å²) >= 11 is 0. The Morgan fingerprint density at radius 2 is 2.06 bits per heavy atom. The maximum absolute atomic E-state index is 12.0. The van der Waals surface area contributed by atoms with E-state index in [0.717, 1.165) is 24.8 Å². The van der Waals surface area contributed by atoms with Crippen LogP contribution in [0.1, 0.15) is 30.7 Å². The van der Waals surface area contributed by atoms with Gasteiger partial charge in [-0.25, -0.2) is 0 Å². The first-order valence-electron chi connectivity index (χ1n) is 6.25. The van der Waals surface area contributed by atoms with E-state index in [4.69, 9.17) is 12.2 Å². The second-order valence-electron chi connectivity index (χ2n) is 4.15. The first-order chi connectivity index (χ1) is 8.79. The van der Waals surface area contributed by atoms with Crippen LogP contribution in [0.25, 0.3) is 0 Å². The van der Waals surface area contributed by atoms with Crippen LogP contribution in [0.5, 0.6) is 0 Å². The molecule has 1 atom stereocenters. The van der Waals surface area contributed by atoms with Crippen LogP contribution < -0.4 is 11.1 Å². The molecule has 0 spiro atoms. The molecule has 0 aromatic heterocycles. The van der Waals surface area contributed by atoms with Crippen LogP contribution in [0.2, 0.25) is 0 Å². The molecule has 0 aliphatic rings. The molecule has 1 rings (SSSR count). The lowest BCUT2D eigenvalue weighted by atomic mass is 9.98. The molecule has 3 N–H and O–H groups in total. The minimum atomic E-state index is -0.265. The van der Waals surface area contributed by atoms with Gasteiger partial charge in [0.2, 0.25) is 5.91 Å². The third kappa shape index (κ3) is 4.60. The molecule has 0 bridgehead atoms. The Kier molecular flexibility index (Phi) is 6.60. The number of terminal acetylenes is 1. The first-order valence-corrected chi connectivity index (χ1v) is 6.25. The Morgan fingerprint density at radius 3 is 2.67 bits per heavy atom. The highest BCUT2D eigenvalue weighted by Crippen LogP contribution is 2.13. The molecule has 0 aliphatic carbocycles. The fourth-order valence-corrected chi connectivity index (χ4v) is 1.77. The van der Waals surface area contributed by atoms with Crippen LogP contribution in [0.4, 0.5) is 0 Å². The summed E-state index contributed by atoms with van der Waals surface area (Å²) in [6, 6.07) is 9.61. The molecule has 18 heavy (non-hydrogen) atoms. The summed E-state index contributed by atoms with van der Waals surface area (Å²) in [6.07, 6.45) is 7.77. The molecule has 96 valence electrons. The molecule has 0 saturated heterocycles. The number of benzene rings is 1. The maximum atomic E-state index is 12.0. The van der Waals surface area contributed by atoms with Gasteiger partial charge in [-0.05, 0) is 18.4 Å². The molecule has 3 nitrogen and oxygen atoms in total. The van der Waals surface area contributed by atoms with Gasteiger partial charge >= 0.3 is 0 Å². The van der Waals surface area contributed by atoms with Gasteiger partial charge < -0.3 is 11.1 Å². The normalized spacial score (nSPS) is 11.6. The van der Waals surface area contributed by atoms with Crippen molar-refractivity contribution in [3.8, 4) is 12.3 Å². The van der Waals surface area contributed by atoms with E-state index in [2.05, 4.69) is 11.2 Å². The predicted molar refractivity (Wildman–Crippen MR) is 73.9 cm³/mol. The van der Waals surface area contributed by atoms with E-state index in [1.807, 2.05) is 30.3 Å². The maximum Gasteiger partial charge on any atom is 0.228 e. The molecular formula is C15H20N2O. The van der Waals surface area contributed by atoms with Crippen molar-refractivity contribution in [3.05, 3.63) is 35.9 Å². The molecule has 0 radical (unpaired) electrons. The predicted octanol–water partition coefficient (Wildman–Crippen LogP) is 1.65. The SMILES string of the molecule is C#CCCCCNC(=O)C(CN)c1ccccc1. The van der Waals surface area contributed by atoms with Crippen molar-refractivity contribution in [2.75, 3.05) is 13.1 Å². The monoisotopic (exact) mass is 244 g/mol. The number of nitrogens with one attached hydrogen (secondary N) is 1. The third-order valence-electron chi connectivity index (χ3n) is 2.80. The lowest BCUT2D eigenvalue weighted by Gasteiger charge is -2.15. The highest BCUT2D eigenvalue weighted by Gasteiger charge is 2.17. The van der Waals surface area contributed by atoms with Gasteiger partial charge in [-0.3, -0.25) is 4.79 Å². The highest BCUT2D eigenvalue weighted by atomic mass is 16.1. The topological polar surface area (TPSA) is 55.1 Å². The van der Waals surface area contributed by atoms with Crippen LogP contribution >= 0.6 is 0 Å². The number of amides is 1. The molecule has 1 amide bonds. The molecule has 0 fully saturated rings. The van der Waals surface area contributed by atoms with E-state index in [0.29, 0.717) is 13.1 Å². The first kappa shape index (κ1) is 14.3. The van der Waals surface area contributed by atoms with Crippen LogP contribution in [-0.2, 0) is 4.79 Å². The van der Waals surface area contributed by atoms with Crippen molar-refractivity contribution in [3.63, 3.8) is 0 Å². The van der Waals surface area contributed by atoms with E-state index in [-0.39, 0.29) is 11.8 Å². The van der Waals surface area contributed by atoms with E-state index in [1.165, 1.54) is 0 Å². The molecule has 3 heteroatoms. The Hall–Kier alpha value is -1.79. The summed E-state index contributed by atoms with van der Waals surface area (Å²) in [5.74, 6) is 2.31. The number of unbranched alkanes of at least 4 members (excludes halogenated alkanes) is 2. The van der Waals surface area contributed by atoms with E-state index in [1.54, 1.807) is 0 Å². The van der Waals surface area contributed by atoms with E-state index >= 15 is 0 Å². The van der Waals surface area contributed by atoms with Crippen molar-refractivity contribution in [2.24, 2.45) is 5.73 Å². The number of hydrogen-bond acceptors (Lipinski definition) is 2. The van der Waals surface area contributed by atoms with Gasteiger partial charge in [0, 0.05) is 19.5 Å². The van der Waals surface area contributed by atoms with Crippen molar-refractivity contribution in [2.45, 2.75) is 25.2 Å². The summed E-state index contributed by atoms with van der Waals surface area (Å²) in [4.78, 5) is 12.0. The minimum Gasteiger partial charge on any atom is -0.356 e. The fraction of sp³-hybridized carbons (Fsp3) is 0.400. The second-order valence-corrected chi connectivity index (χ2v) is 4.15. The molecule has 0 aliphatic heterocycles. The van der Waals surface area contributed by atoms with Crippen LogP contribution in [0.15, 0.2) is 30.3 Å². The van der Waals surface area contributed by atoms with Gasteiger partial charge in [0.15, 0.2) is 0 Å². The van der Waals surface area contributed by atoms with E-state index < -0.39 is 0 Å². The molecule has 1 unspecified atom stereocenters. The van der Waals surface area contributed by atoms with Crippen molar-refractivity contribution in [1.82, 2.24) is 5.32 Å². The quantitative estimate of drug-likeness (QED) is 0.566. The minimum absolute atomic E-state index is 0.00981. The third-order valence-corrected chi connectivity index (χ3v) is 2.80. The lowest BCUT2D eigenvalue weighted by molar-refractivity contribution is -0.122. The smallest absolute Gasteiger partial charge is 0.228 e. The zero-order chi connectivity index (χ0) is 13.2. The number of carbonyl (C=O) groups is 1. The standard InChI is InChI=1S/C15H20N2O/c1-2-3-4-8-11-17-15(18)14(12-16)13-9-6-5-7-10-13/h1,5-7,9-10,14H,3-4,8,11-12,16H2,(H,17,18). The number of rotatable bonds is 7. The molecule has 1 aromatic carbocycles. The van der Waals surface area contributed by atoms with Gasteiger partial charge in [-0.15, -0.1) is 12.3 Å². The average molecular weight is 244 g/mol. The van der Waals surface area contributed by atoms with Gasteiger partial charge in [0.05, 0.1) is 5.92 Å². The Morgan fingerprint density at radius 1 is 1.33 bits per heavy atom. The van der Waals surface area contributed by atoms with Gasteiger partial charge in [-0.1, -0.05) is 30.3 Å².